The average Bonchev–Trinajstić information content (AvgIpc) is 2.55. The normalized spacial score (nSPS) is 26.4. The second-order valence-electron chi connectivity index (χ2n) is 6.86. The van der Waals surface area contributed by atoms with Crippen molar-refractivity contribution >= 4 is 5.78 Å². The zero-order valence-corrected chi connectivity index (χ0v) is 13.0. The molecule has 0 amide bonds. The van der Waals surface area contributed by atoms with E-state index in [1.807, 2.05) is 30.3 Å². The molecule has 1 aliphatic heterocycles. The van der Waals surface area contributed by atoms with Crippen molar-refractivity contribution in [1.82, 2.24) is 0 Å². The Labute approximate surface area is 127 Å². The Morgan fingerprint density at radius 2 is 1.90 bits per heavy atom. The number of ketones is 1. The first-order valence-corrected chi connectivity index (χ1v) is 8.43. The molecule has 2 nitrogen and oxygen atoms in total. The van der Waals surface area contributed by atoms with E-state index < -0.39 is 0 Å². The van der Waals surface area contributed by atoms with Crippen LogP contribution in [0.15, 0.2) is 30.3 Å². The third kappa shape index (κ3) is 3.21. The maximum atomic E-state index is 12.7. The van der Waals surface area contributed by atoms with E-state index in [0.29, 0.717) is 11.7 Å². The molecule has 2 atom stereocenters. The van der Waals surface area contributed by atoms with Gasteiger partial charge in [-0.05, 0) is 31.6 Å². The van der Waals surface area contributed by atoms with Crippen molar-refractivity contribution in [3.63, 3.8) is 0 Å². The molecule has 1 saturated heterocycles. The molecule has 0 aromatic heterocycles. The Balaban J connectivity index is 1.69. The van der Waals surface area contributed by atoms with Gasteiger partial charge in [-0.15, -0.1) is 0 Å². The molecule has 2 aliphatic rings. The summed E-state index contributed by atoms with van der Waals surface area (Å²) in [7, 11) is 0. The molecule has 1 heterocycles. The van der Waals surface area contributed by atoms with Gasteiger partial charge in [-0.3, -0.25) is 4.79 Å². The lowest BCUT2D eigenvalue weighted by atomic mass is 9.71. The summed E-state index contributed by atoms with van der Waals surface area (Å²) < 4.78 is 6.16. The third-order valence-electron chi connectivity index (χ3n) is 5.47. The highest BCUT2D eigenvalue weighted by molar-refractivity contribution is 5.97. The van der Waals surface area contributed by atoms with Gasteiger partial charge in [0.1, 0.15) is 0 Å². The Morgan fingerprint density at radius 3 is 2.62 bits per heavy atom. The highest BCUT2D eigenvalue weighted by Gasteiger charge is 2.41. The standard InChI is InChI=1S/C19H26O2/c1-15(18(20)16-8-4-2-5-9-16)17-10-13-21-19(14-17)11-6-3-7-12-19/h2,4-5,8-9,15,17H,3,6-7,10-14H2,1H3. The van der Waals surface area contributed by atoms with Crippen LogP contribution in [-0.4, -0.2) is 18.0 Å². The van der Waals surface area contributed by atoms with Crippen LogP contribution < -0.4 is 0 Å². The molecule has 1 spiro atoms. The number of carbonyl (C=O) groups is 1. The smallest absolute Gasteiger partial charge is 0.165 e. The molecular weight excluding hydrogens is 260 g/mol. The minimum absolute atomic E-state index is 0.0897. The van der Waals surface area contributed by atoms with Gasteiger partial charge in [-0.1, -0.05) is 56.5 Å². The van der Waals surface area contributed by atoms with Gasteiger partial charge >= 0.3 is 0 Å². The SMILES string of the molecule is CC(C(=O)c1ccccc1)C1CCOC2(CCCCC2)C1. The van der Waals surface area contributed by atoms with Gasteiger partial charge in [0.25, 0.3) is 0 Å². The van der Waals surface area contributed by atoms with E-state index in [0.717, 1.165) is 25.0 Å². The topological polar surface area (TPSA) is 26.3 Å². The van der Waals surface area contributed by atoms with Gasteiger partial charge < -0.3 is 4.74 Å². The monoisotopic (exact) mass is 286 g/mol. The summed E-state index contributed by atoms with van der Waals surface area (Å²) in [6.07, 6.45) is 8.40. The first kappa shape index (κ1) is 14.8. The molecule has 3 rings (SSSR count). The molecular formula is C19H26O2. The fourth-order valence-corrected chi connectivity index (χ4v) is 4.12. The summed E-state index contributed by atoms with van der Waals surface area (Å²) in [5, 5.41) is 0. The van der Waals surface area contributed by atoms with Gasteiger partial charge in [0.2, 0.25) is 0 Å². The lowest BCUT2D eigenvalue weighted by Gasteiger charge is -2.44. The summed E-state index contributed by atoms with van der Waals surface area (Å²) in [6.45, 7) is 2.94. The zero-order valence-electron chi connectivity index (χ0n) is 13.0. The van der Waals surface area contributed by atoms with Crippen molar-refractivity contribution in [1.29, 1.82) is 0 Å². The van der Waals surface area contributed by atoms with Crippen LogP contribution in [0.1, 0.15) is 62.2 Å². The van der Waals surface area contributed by atoms with Crippen LogP contribution in [-0.2, 0) is 4.74 Å². The Bertz CT molecular complexity index is 468. The van der Waals surface area contributed by atoms with Crippen molar-refractivity contribution in [2.75, 3.05) is 6.61 Å². The number of hydrogen-bond acceptors (Lipinski definition) is 2. The third-order valence-corrected chi connectivity index (χ3v) is 5.47. The largest absolute Gasteiger partial charge is 0.375 e. The molecule has 1 saturated carbocycles. The maximum absolute atomic E-state index is 12.7. The van der Waals surface area contributed by atoms with E-state index >= 15 is 0 Å². The second kappa shape index (κ2) is 6.31. The predicted octanol–water partition coefficient (Wildman–Crippen LogP) is 4.63. The minimum atomic E-state index is 0.0897. The lowest BCUT2D eigenvalue weighted by Crippen LogP contribution is -2.43. The summed E-state index contributed by atoms with van der Waals surface area (Å²) in [5.74, 6) is 0.883. The van der Waals surface area contributed by atoms with Crippen LogP contribution >= 0.6 is 0 Å². The molecule has 1 aromatic carbocycles. The van der Waals surface area contributed by atoms with Gasteiger partial charge in [0.05, 0.1) is 5.60 Å². The van der Waals surface area contributed by atoms with Crippen molar-refractivity contribution in [3.8, 4) is 0 Å². The molecule has 0 radical (unpaired) electrons. The number of carbonyl (C=O) groups excluding carboxylic acids is 1. The number of Topliss-reactive ketones (excluding diaryl/α,β-unsaturated/α-hetero) is 1. The van der Waals surface area contributed by atoms with Crippen molar-refractivity contribution < 1.29 is 9.53 Å². The maximum Gasteiger partial charge on any atom is 0.165 e. The van der Waals surface area contributed by atoms with Gasteiger partial charge in [-0.2, -0.15) is 0 Å². The number of hydrogen-bond donors (Lipinski definition) is 0. The summed E-state index contributed by atoms with van der Waals surface area (Å²) in [5.41, 5.74) is 0.945. The average molecular weight is 286 g/mol. The van der Waals surface area contributed by atoms with Crippen LogP contribution in [0.2, 0.25) is 0 Å². The quantitative estimate of drug-likeness (QED) is 0.757. The molecule has 1 aromatic rings. The number of ether oxygens (including phenoxy) is 1. The van der Waals surface area contributed by atoms with Crippen molar-refractivity contribution in [3.05, 3.63) is 35.9 Å². The Kier molecular flexibility index (Phi) is 4.44. The lowest BCUT2D eigenvalue weighted by molar-refractivity contribution is -0.121. The highest BCUT2D eigenvalue weighted by Crippen LogP contribution is 2.43. The van der Waals surface area contributed by atoms with E-state index in [1.165, 1.54) is 32.1 Å². The van der Waals surface area contributed by atoms with E-state index in [4.69, 9.17) is 4.74 Å². The molecule has 0 N–H and O–H groups in total. The number of rotatable bonds is 3. The van der Waals surface area contributed by atoms with Crippen LogP contribution in [0.4, 0.5) is 0 Å². The molecule has 2 heteroatoms. The van der Waals surface area contributed by atoms with E-state index in [9.17, 15) is 4.79 Å². The fraction of sp³-hybridized carbons (Fsp3) is 0.632. The van der Waals surface area contributed by atoms with Gasteiger partial charge in [0, 0.05) is 18.1 Å². The second-order valence-corrected chi connectivity index (χ2v) is 6.86. The molecule has 2 fully saturated rings. The van der Waals surface area contributed by atoms with Gasteiger partial charge in [0.15, 0.2) is 5.78 Å². The minimum Gasteiger partial charge on any atom is -0.375 e. The molecule has 1 aliphatic carbocycles. The zero-order chi connectivity index (χ0) is 14.7. The van der Waals surface area contributed by atoms with Gasteiger partial charge in [-0.25, -0.2) is 0 Å². The van der Waals surface area contributed by atoms with E-state index in [2.05, 4.69) is 6.92 Å². The first-order valence-electron chi connectivity index (χ1n) is 8.43. The molecule has 114 valence electrons. The number of benzene rings is 1. The van der Waals surface area contributed by atoms with Crippen molar-refractivity contribution in [2.45, 2.75) is 57.5 Å². The Morgan fingerprint density at radius 1 is 1.19 bits per heavy atom. The van der Waals surface area contributed by atoms with Crippen LogP contribution in [0.25, 0.3) is 0 Å². The molecule has 2 unspecified atom stereocenters. The molecule has 21 heavy (non-hydrogen) atoms. The van der Waals surface area contributed by atoms with Crippen LogP contribution in [0.5, 0.6) is 0 Å². The first-order chi connectivity index (χ1) is 10.2. The predicted molar refractivity (Wildman–Crippen MR) is 84.4 cm³/mol. The summed E-state index contributed by atoms with van der Waals surface area (Å²) in [6, 6.07) is 9.75. The van der Waals surface area contributed by atoms with Crippen LogP contribution in [0, 0.1) is 11.8 Å². The summed E-state index contributed by atoms with van der Waals surface area (Å²) >= 11 is 0. The summed E-state index contributed by atoms with van der Waals surface area (Å²) in [4.78, 5) is 12.7. The van der Waals surface area contributed by atoms with Crippen LogP contribution in [0.3, 0.4) is 0 Å². The van der Waals surface area contributed by atoms with E-state index in [1.54, 1.807) is 0 Å². The van der Waals surface area contributed by atoms with Crippen molar-refractivity contribution in [2.24, 2.45) is 11.8 Å². The van der Waals surface area contributed by atoms with E-state index in [-0.39, 0.29) is 11.5 Å². The highest BCUT2D eigenvalue weighted by atomic mass is 16.5. The molecule has 0 bridgehead atoms. The Hall–Kier alpha value is -1.15. The fourth-order valence-electron chi connectivity index (χ4n) is 4.12.